The summed E-state index contributed by atoms with van der Waals surface area (Å²) in [7, 11) is 1.91. The molecule has 0 amide bonds. The van der Waals surface area contributed by atoms with Crippen LogP contribution >= 0.6 is 0 Å². The van der Waals surface area contributed by atoms with E-state index in [-0.39, 0.29) is 6.61 Å². The maximum absolute atomic E-state index is 8.77. The van der Waals surface area contributed by atoms with Crippen molar-refractivity contribution in [1.29, 1.82) is 0 Å². The van der Waals surface area contributed by atoms with Gasteiger partial charge >= 0.3 is 0 Å². The van der Waals surface area contributed by atoms with E-state index in [1.54, 1.807) is 12.4 Å². The Morgan fingerprint density at radius 1 is 1.62 bits per heavy atom. The molecule has 4 heteroatoms. The Morgan fingerprint density at radius 3 is 3.00 bits per heavy atom. The van der Waals surface area contributed by atoms with Gasteiger partial charge in [-0.1, -0.05) is 0 Å². The van der Waals surface area contributed by atoms with E-state index in [0.717, 1.165) is 11.3 Å². The summed E-state index contributed by atoms with van der Waals surface area (Å²) in [4.78, 5) is 5.96. The Labute approximate surface area is 78.0 Å². The lowest BCUT2D eigenvalue weighted by Gasteiger charge is -2.20. The summed E-state index contributed by atoms with van der Waals surface area (Å²) in [5.41, 5.74) is 7.60. The maximum Gasteiger partial charge on any atom is 0.0606 e. The number of likely N-dealkylation sites (N-methyl/N-ethyl adjacent to an activating group) is 1. The molecular weight excluding hydrogens is 166 g/mol. The molecule has 4 nitrogen and oxygen atoms in total. The fraction of sp³-hybridized carbons (Fsp3) is 0.444. The van der Waals surface area contributed by atoms with Gasteiger partial charge in [-0.15, -0.1) is 0 Å². The van der Waals surface area contributed by atoms with Crippen molar-refractivity contribution in [2.45, 2.75) is 6.54 Å². The van der Waals surface area contributed by atoms with Crippen molar-refractivity contribution >= 4 is 5.69 Å². The first-order valence-corrected chi connectivity index (χ1v) is 4.24. The van der Waals surface area contributed by atoms with Gasteiger partial charge in [-0.3, -0.25) is 4.98 Å². The van der Waals surface area contributed by atoms with Gasteiger partial charge in [0, 0.05) is 26.3 Å². The lowest BCUT2D eigenvalue weighted by atomic mass is 10.2. The third kappa shape index (κ3) is 2.40. The molecule has 1 heterocycles. The summed E-state index contributed by atoms with van der Waals surface area (Å²) in [6, 6.07) is 1.89. The molecule has 0 aliphatic rings. The minimum Gasteiger partial charge on any atom is -0.395 e. The van der Waals surface area contributed by atoms with Crippen molar-refractivity contribution in [1.82, 2.24) is 4.98 Å². The van der Waals surface area contributed by atoms with Gasteiger partial charge in [0.25, 0.3) is 0 Å². The number of rotatable bonds is 4. The van der Waals surface area contributed by atoms with Gasteiger partial charge in [0.1, 0.15) is 0 Å². The topological polar surface area (TPSA) is 62.4 Å². The molecule has 0 bridgehead atoms. The summed E-state index contributed by atoms with van der Waals surface area (Å²) >= 11 is 0. The number of hydrogen-bond acceptors (Lipinski definition) is 4. The first-order valence-electron chi connectivity index (χ1n) is 4.24. The zero-order valence-electron chi connectivity index (χ0n) is 7.77. The first kappa shape index (κ1) is 9.95. The van der Waals surface area contributed by atoms with Gasteiger partial charge in [-0.05, 0) is 11.6 Å². The Bertz CT molecular complexity index is 265. The van der Waals surface area contributed by atoms with Crippen LogP contribution in [0, 0.1) is 0 Å². The second kappa shape index (κ2) is 4.79. The second-order valence-electron chi connectivity index (χ2n) is 2.85. The number of pyridine rings is 1. The molecule has 0 saturated carbocycles. The molecule has 0 radical (unpaired) electrons. The minimum absolute atomic E-state index is 0.134. The highest BCUT2D eigenvalue weighted by Gasteiger charge is 2.04. The summed E-state index contributed by atoms with van der Waals surface area (Å²) in [6.07, 6.45) is 3.48. The highest BCUT2D eigenvalue weighted by atomic mass is 16.3. The number of nitrogens with two attached hydrogens (primary N) is 1. The summed E-state index contributed by atoms with van der Waals surface area (Å²) in [5, 5.41) is 8.77. The van der Waals surface area contributed by atoms with Gasteiger partial charge in [-0.25, -0.2) is 0 Å². The van der Waals surface area contributed by atoms with E-state index in [0.29, 0.717) is 13.1 Å². The molecule has 0 fully saturated rings. The zero-order valence-corrected chi connectivity index (χ0v) is 7.77. The first-order chi connectivity index (χ1) is 6.29. The van der Waals surface area contributed by atoms with Crippen LogP contribution in [0.2, 0.25) is 0 Å². The van der Waals surface area contributed by atoms with Crippen LogP contribution in [0.1, 0.15) is 5.56 Å². The van der Waals surface area contributed by atoms with Crippen molar-refractivity contribution in [2.75, 3.05) is 25.1 Å². The number of hydrogen-bond donors (Lipinski definition) is 2. The molecule has 72 valence electrons. The highest BCUT2D eigenvalue weighted by molar-refractivity contribution is 5.50. The average Bonchev–Trinajstić information content (AvgIpc) is 2.18. The Hall–Kier alpha value is -1.13. The summed E-state index contributed by atoms with van der Waals surface area (Å²) in [6.45, 7) is 1.22. The fourth-order valence-electron chi connectivity index (χ4n) is 1.20. The van der Waals surface area contributed by atoms with E-state index in [4.69, 9.17) is 10.8 Å². The van der Waals surface area contributed by atoms with Gasteiger partial charge in [0.05, 0.1) is 18.5 Å². The van der Waals surface area contributed by atoms with Crippen molar-refractivity contribution in [3.63, 3.8) is 0 Å². The molecule has 0 aromatic carbocycles. The van der Waals surface area contributed by atoms with Gasteiger partial charge in [0.2, 0.25) is 0 Å². The normalized spacial score (nSPS) is 10.1. The third-order valence-electron chi connectivity index (χ3n) is 1.95. The zero-order chi connectivity index (χ0) is 9.68. The minimum atomic E-state index is 0.134. The van der Waals surface area contributed by atoms with E-state index < -0.39 is 0 Å². The van der Waals surface area contributed by atoms with Crippen LogP contribution in [0.25, 0.3) is 0 Å². The Morgan fingerprint density at radius 2 is 2.38 bits per heavy atom. The van der Waals surface area contributed by atoms with Crippen molar-refractivity contribution in [2.24, 2.45) is 5.73 Å². The molecule has 3 N–H and O–H groups in total. The smallest absolute Gasteiger partial charge is 0.0606 e. The fourth-order valence-corrected chi connectivity index (χ4v) is 1.20. The molecule has 0 unspecified atom stereocenters. The average molecular weight is 181 g/mol. The van der Waals surface area contributed by atoms with Crippen LogP contribution in [-0.2, 0) is 6.54 Å². The quantitative estimate of drug-likeness (QED) is 0.684. The molecule has 0 aliphatic carbocycles. The Balaban J connectivity index is 2.85. The molecular formula is C9H15N3O. The van der Waals surface area contributed by atoms with E-state index in [2.05, 4.69) is 4.98 Å². The molecule has 0 atom stereocenters. The second-order valence-corrected chi connectivity index (χ2v) is 2.85. The lowest BCUT2D eigenvalue weighted by molar-refractivity contribution is 0.304. The van der Waals surface area contributed by atoms with Gasteiger partial charge < -0.3 is 15.7 Å². The van der Waals surface area contributed by atoms with E-state index >= 15 is 0 Å². The third-order valence-corrected chi connectivity index (χ3v) is 1.95. The largest absolute Gasteiger partial charge is 0.395 e. The van der Waals surface area contributed by atoms with Crippen LogP contribution in [0.5, 0.6) is 0 Å². The molecule has 1 aromatic rings. The molecule has 1 rings (SSSR count). The van der Waals surface area contributed by atoms with Gasteiger partial charge in [-0.2, -0.15) is 0 Å². The summed E-state index contributed by atoms with van der Waals surface area (Å²) in [5.74, 6) is 0. The summed E-state index contributed by atoms with van der Waals surface area (Å²) < 4.78 is 0. The van der Waals surface area contributed by atoms with Crippen LogP contribution < -0.4 is 10.6 Å². The van der Waals surface area contributed by atoms with Crippen molar-refractivity contribution < 1.29 is 5.11 Å². The van der Waals surface area contributed by atoms with Crippen LogP contribution in [0.4, 0.5) is 5.69 Å². The van der Waals surface area contributed by atoms with Crippen LogP contribution in [-0.4, -0.2) is 30.3 Å². The van der Waals surface area contributed by atoms with Crippen molar-refractivity contribution in [3.05, 3.63) is 24.0 Å². The predicted octanol–water partition coefficient (Wildman–Crippen LogP) is -0.0312. The highest BCUT2D eigenvalue weighted by Crippen LogP contribution is 2.16. The van der Waals surface area contributed by atoms with E-state index in [9.17, 15) is 0 Å². The number of nitrogens with zero attached hydrogens (tertiary/aromatic N) is 2. The lowest BCUT2D eigenvalue weighted by Crippen LogP contribution is -2.23. The monoisotopic (exact) mass is 181 g/mol. The predicted molar refractivity (Wildman–Crippen MR) is 52.5 cm³/mol. The standard InChI is InChI=1S/C9H15N3O/c1-12(4-5-13)9-7-11-3-2-8(9)6-10/h2-3,7,13H,4-6,10H2,1H3. The number of anilines is 1. The number of aliphatic hydroxyl groups is 1. The Kier molecular flexibility index (Phi) is 3.67. The van der Waals surface area contributed by atoms with Crippen LogP contribution in [0.15, 0.2) is 18.5 Å². The van der Waals surface area contributed by atoms with E-state index in [1.807, 2.05) is 18.0 Å². The molecule has 13 heavy (non-hydrogen) atoms. The SMILES string of the molecule is CN(CCO)c1cnccc1CN. The molecule has 1 aromatic heterocycles. The number of aliphatic hydroxyl groups excluding tert-OH is 1. The molecule has 0 saturated heterocycles. The molecule has 0 spiro atoms. The maximum atomic E-state index is 8.77. The van der Waals surface area contributed by atoms with Crippen LogP contribution in [0.3, 0.4) is 0 Å². The van der Waals surface area contributed by atoms with Crippen molar-refractivity contribution in [3.8, 4) is 0 Å². The number of aromatic nitrogens is 1. The van der Waals surface area contributed by atoms with Gasteiger partial charge in [0.15, 0.2) is 0 Å². The molecule has 0 aliphatic heterocycles. The van der Waals surface area contributed by atoms with E-state index in [1.165, 1.54) is 0 Å².